The van der Waals surface area contributed by atoms with Crippen molar-refractivity contribution in [1.29, 1.82) is 0 Å². The minimum absolute atomic E-state index is 0. The van der Waals surface area contributed by atoms with Crippen LogP contribution in [0.25, 0.3) is 66.6 Å². The van der Waals surface area contributed by atoms with Crippen molar-refractivity contribution in [2.24, 2.45) is 0 Å². The van der Waals surface area contributed by atoms with Gasteiger partial charge in [0.15, 0.2) is 0 Å². The Morgan fingerprint density at radius 3 is 1.78 bits per heavy atom. The summed E-state index contributed by atoms with van der Waals surface area (Å²) in [6.07, 6.45) is 0. The van der Waals surface area contributed by atoms with E-state index in [-0.39, 0.29) is 33.2 Å². The summed E-state index contributed by atoms with van der Waals surface area (Å²) in [6.45, 7) is 13.5. The van der Waals surface area contributed by atoms with Crippen LogP contribution in [-0.2, 0) is 38.6 Å². The quantitative estimate of drug-likeness (QED) is 0.127. The molecule has 1 aliphatic carbocycles. The number of pyridine rings is 1. The fraction of sp³-hybridized carbons (Fsp3) is 0.161. The van der Waals surface area contributed by atoms with E-state index >= 15 is 0 Å². The van der Waals surface area contributed by atoms with E-state index in [1.54, 1.807) is 0 Å². The Hall–Kier alpha value is -5.77. The Labute approximate surface area is 363 Å². The molecule has 0 aliphatic heterocycles. The van der Waals surface area contributed by atoms with Gasteiger partial charge in [-0.05, 0) is 60.5 Å². The van der Waals surface area contributed by atoms with Crippen LogP contribution in [0.1, 0.15) is 74.9 Å². The largest absolute Gasteiger partial charge is 3.00 e. The molecule has 290 valence electrons. The third kappa shape index (κ3) is 6.42. The van der Waals surface area contributed by atoms with Gasteiger partial charge in [0.05, 0.1) is 11.1 Å². The summed E-state index contributed by atoms with van der Waals surface area (Å²) in [5, 5.41) is 2.31. The van der Waals surface area contributed by atoms with Crippen molar-refractivity contribution in [3.05, 3.63) is 209 Å². The maximum atomic E-state index is 5.71. The Kier molecular flexibility index (Phi) is 9.52. The number of nitrogens with zero attached hydrogens (tertiary/aromatic N) is 2. The molecular formula is C56H45AuN2. The summed E-state index contributed by atoms with van der Waals surface area (Å²) >= 11 is 0. The van der Waals surface area contributed by atoms with Gasteiger partial charge >= 0.3 is 22.4 Å². The number of para-hydroxylation sites is 1. The average molecular weight is 943 g/mol. The Morgan fingerprint density at radius 2 is 1.14 bits per heavy atom. The Morgan fingerprint density at radius 1 is 0.525 bits per heavy atom. The SMILES string of the molecule is CC(C)(C)c1c[c-]c(-c2[c-]c(-c3ccc4c(n3)-c3c(ccc5c3[n-]c3ccccc35)C4(c3ccccc3)c3ccccc3)cc(-c3ccc(C(C)(C)C)cc3)c2)cc1.[Au+3]. The molecule has 1 aliphatic rings. The average Bonchev–Trinajstić information content (AvgIpc) is 3.77. The molecule has 0 saturated carbocycles. The summed E-state index contributed by atoms with van der Waals surface area (Å²) in [7, 11) is 0. The van der Waals surface area contributed by atoms with Crippen LogP contribution in [0.4, 0.5) is 0 Å². The van der Waals surface area contributed by atoms with Gasteiger partial charge in [-0.15, -0.1) is 34.3 Å². The van der Waals surface area contributed by atoms with Crippen LogP contribution in [0.5, 0.6) is 0 Å². The fourth-order valence-corrected chi connectivity index (χ4v) is 9.05. The van der Waals surface area contributed by atoms with Crippen LogP contribution in [0, 0.1) is 12.1 Å². The summed E-state index contributed by atoms with van der Waals surface area (Å²) < 4.78 is 0. The van der Waals surface area contributed by atoms with Crippen LogP contribution in [0.2, 0.25) is 0 Å². The van der Waals surface area contributed by atoms with Gasteiger partial charge in [0, 0.05) is 5.69 Å². The number of fused-ring (bicyclic) bond motifs is 7. The molecule has 10 rings (SSSR count). The minimum Gasteiger partial charge on any atom is -0.656 e. The van der Waals surface area contributed by atoms with Crippen molar-refractivity contribution in [3.63, 3.8) is 0 Å². The monoisotopic (exact) mass is 942 g/mol. The Bertz CT molecular complexity index is 2870. The van der Waals surface area contributed by atoms with E-state index < -0.39 is 5.41 Å². The summed E-state index contributed by atoms with van der Waals surface area (Å²) in [5.41, 5.74) is 17.0. The molecule has 2 nitrogen and oxygen atoms in total. The molecule has 2 heterocycles. The predicted octanol–water partition coefficient (Wildman–Crippen LogP) is 13.9. The molecule has 0 spiro atoms. The molecular weight excluding hydrogens is 898 g/mol. The van der Waals surface area contributed by atoms with Gasteiger partial charge in [0.2, 0.25) is 0 Å². The van der Waals surface area contributed by atoms with Crippen molar-refractivity contribution in [2.75, 3.05) is 0 Å². The van der Waals surface area contributed by atoms with E-state index in [1.165, 1.54) is 27.8 Å². The number of rotatable bonds is 5. The molecule has 2 aromatic heterocycles. The molecule has 0 saturated heterocycles. The van der Waals surface area contributed by atoms with E-state index in [9.17, 15) is 0 Å². The topological polar surface area (TPSA) is 27.0 Å². The first-order chi connectivity index (χ1) is 28.0. The first-order valence-electron chi connectivity index (χ1n) is 20.3. The second-order valence-corrected chi connectivity index (χ2v) is 17.9. The van der Waals surface area contributed by atoms with E-state index in [4.69, 9.17) is 9.97 Å². The number of aromatic nitrogens is 2. The van der Waals surface area contributed by atoms with E-state index in [0.717, 1.165) is 72.1 Å². The third-order valence-corrected chi connectivity index (χ3v) is 12.2. The Balaban J connectivity index is 0.00000449. The molecule has 0 bridgehead atoms. The molecule has 0 N–H and O–H groups in total. The first kappa shape index (κ1) is 38.7. The van der Waals surface area contributed by atoms with Crippen LogP contribution in [-0.4, -0.2) is 4.98 Å². The van der Waals surface area contributed by atoms with Gasteiger partial charge in [0.1, 0.15) is 0 Å². The van der Waals surface area contributed by atoms with Crippen LogP contribution >= 0.6 is 0 Å². The van der Waals surface area contributed by atoms with Crippen LogP contribution in [0.15, 0.2) is 164 Å². The third-order valence-electron chi connectivity index (χ3n) is 12.2. The normalized spacial score (nSPS) is 13.3. The van der Waals surface area contributed by atoms with Gasteiger partial charge < -0.3 is 4.98 Å². The van der Waals surface area contributed by atoms with Gasteiger partial charge in [-0.2, -0.15) is 35.9 Å². The zero-order chi connectivity index (χ0) is 39.8. The van der Waals surface area contributed by atoms with Crippen molar-refractivity contribution in [3.8, 4) is 44.8 Å². The number of hydrogen-bond acceptors (Lipinski definition) is 1. The molecule has 0 amide bonds. The van der Waals surface area contributed by atoms with Gasteiger partial charge in [-0.1, -0.05) is 181 Å². The summed E-state index contributed by atoms with van der Waals surface area (Å²) in [5.74, 6) is 0. The van der Waals surface area contributed by atoms with Crippen molar-refractivity contribution in [2.45, 2.75) is 57.8 Å². The van der Waals surface area contributed by atoms with E-state index in [0.29, 0.717) is 0 Å². The zero-order valence-corrected chi connectivity index (χ0v) is 36.5. The standard InChI is InChI=1S/C56H45N2.Au/c1-54(2,3)41-25-21-36(22-26-41)38-33-39(37-23-27-42(28-24-37)55(4,5)6)35-40(34-38)49-32-31-48-53(57-49)51-47(30-29-46-45-19-13-14-20-50(45)58-52(46)51)56(48,43-15-9-7-10-16-43)44-17-11-8-12-18-44;/h7-23,25-34H,1-6H3;/q-3;+3. The smallest absolute Gasteiger partial charge is 0.656 e. The molecule has 0 unspecified atom stereocenters. The van der Waals surface area contributed by atoms with Crippen LogP contribution in [0.3, 0.4) is 0 Å². The molecule has 7 aromatic carbocycles. The van der Waals surface area contributed by atoms with E-state index in [2.05, 4.69) is 217 Å². The maximum absolute atomic E-state index is 5.71. The van der Waals surface area contributed by atoms with Gasteiger partial charge in [0.25, 0.3) is 0 Å². The molecule has 9 aromatic rings. The molecule has 3 heteroatoms. The fourth-order valence-electron chi connectivity index (χ4n) is 9.05. The van der Waals surface area contributed by atoms with Crippen molar-refractivity contribution >= 4 is 21.8 Å². The molecule has 59 heavy (non-hydrogen) atoms. The summed E-state index contributed by atoms with van der Waals surface area (Å²) in [4.78, 5) is 11.1. The predicted molar refractivity (Wildman–Crippen MR) is 241 cm³/mol. The van der Waals surface area contributed by atoms with Crippen molar-refractivity contribution < 1.29 is 22.4 Å². The van der Waals surface area contributed by atoms with E-state index in [1.807, 2.05) is 0 Å². The maximum Gasteiger partial charge on any atom is 3.00 e. The zero-order valence-electron chi connectivity index (χ0n) is 34.3. The van der Waals surface area contributed by atoms with Gasteiger partial charge in [-0.3, -0.25) is 4.98 Å². The molecule has 0 radical (unpaired) electrons. The second-order valence-electron chi connectivity index (χ2n) is 17.9. The summed E-state index contributed by atoms with van der Waals surface area (Å²) in [6, 6.07) is 66.9. The number of hydrogen-bond donors (Lipinski definition) is 0. The van der Waals surface area contributed by atoms with Crippen LogP contribution < -0.4 is 4.98 Å². The first-order valence-corrected chi connectivity index (χ1v) is 20.3. The van der Waals surface area contributed by atoms with Crippen molar-refractivity contribution in [1.82, 2.24) is 9.97 Å². The number of benzene rings is 7. The van der Waals surface area contributed by atoms with Gasteiger partial charge in [-0.25, -0.2) is 5.56 Å². The molecule has 0 atom stereocenters. The molecule has 0 fully saturated rings. The second kappa shape index (κ2) is 14.5. The minimum atomic E-state index is -0.590.